The van der Waals surface area contributed by atoms with Crippen LogP contribution in [-0.2, 0) is 21.4 Å². The van der Waals surface area contributed by atoms with Gasteiger partial charge in [-0.2, -0.15) is 9.40 Å². The number of nitrogens with one attached hydrogen (secondary N) is 1. The molecule has 0 radical (unpaired) electrons. The second kappa shape index (κ2) is 6.13. The highest BCUT2D eigenvalue weighted by Gasteiger charge is 2.34. The molecule has 1 amide bonds. The minimum Gasteiger partial charge on any atom is -0.359 e. The number of fused-ring (bicyclic) bond motifs is 1. The fourth-order valence-corrected chi connectivity index (χ4v) is 4.21. The van der Waals surface area contributed by atoms with Crippen LogP contribution in [-0.4, -0.2) is 42.0 Å². The Morgan fingerprint density at radius 3 is 2.74 bits per heavy atom. The summed E-state index contributed by atoms with van der Waals surface area (Å²) >= 11 is 0. The number of amides is 1. The van der Waals surface area contributed by atoms with Crippen LogP contribution in [0.1, 0.15) is 18.2 Å². The molecular weight excluding hydrogens is 316 g/mol. The summed E-state index contributed by atoms with van der Waals surface area (Å²) in [5, 5.41) is 6.80. The van der Waals surface area contributed by atoms with Crippen molar-refractivity contribution in [3.63, 3.8) is 0 Å². The molecule has 1 unspecified atom stereocenters. The first-order valence-electron chi connectivity index (χ1n) is 7.30. The first-order valence-corrected chi connectivity index (χ1v) is 8.74. The number of carbonyl (C=O) groups is 1. The number of carbonyl (C=O) groups excluding carboxylic acids is 1. The molecule has 0 aliphatic carbocycles. The second-order valence-corrected chi connectivity index (χ2v) is 7.35. The Morgan fingerprint density at radius 1 is 1.30 bits per heavy atom. The van der Waals surface area contributed by atoms with E-state index in [0.29, 0.717) is 0 Å². The zero-order valence-corrected chi connectivity index (χ0v) is 13.5. The largest absolute Gasteiger partial charge is 0.359 e. The van der Waals surface area contributed by atoms with Crippen molar-refractivity contribution in [3.8, 4) is 0 Å². The van der Waals surface area contributed by atoms with E-state index in [-0.39, 0.29) is 36.4 Å². The van der Waals surface area contributed by atoms with Crippen LogP contribution in [0.25, 0.3) is 0 Å². The lowest BCUT2D eigenvalue weighted by Gasteiger charge is -2.32. The smallest absolute Gasteiger partial charge is 0.243 e. The number of hydrogen-bond acceptors (Lipinski definition) is 4. The molecule has 23 heavy (non-hydrogen) atoms. The quantitative estimate of drug-likeness (QED) is 0.895. The van der Waals surface area contributed by atoms with Gasteiger partial charge in [-0.25, -0.2) is 8.42 Å². The summed E-state index contributed by atoms with van der Waals surface area (Å²) in [6.45, 7) is 0.473. The van der Waals surface area contributed by atoms with Gasteiger partial charge in [0, 0.05) is 19.8 Å². The van der Waals surface area contributed by atoms with E-state index in [0.717, 1.165) is 5.69 Å². The Balaban J connectivity index is 1.92. The summed E-state index contributed by atoms with van der Waals surface area (Å²) in [7, 11) is -2.03. The summed E-state index contributed by atoms with van der Waals surface area (Å²) < 4.78 is 28.8. The molecule has 1 aromatic carbocycles. The molecule has 2 heterocycles. The van der Waals surface area contributed by atoms with E-state index < -0.39 is 10.0 Å². The van der Waals surface area contributed by atoms with Crippen LogP contribution in [0, 0.1) is 0 Å². The van der Waals surface area contributed by atoms with Crippen molar-refractivity contribution in [2.24, 2.45) is 0 Å². The molecule has 122 valence electrons. The Kier molecular flexibility index (Phi) is 4.18. The Morgan fingerprint density at radius 2 is 2.04 bits per heavy atom. The number of rotatable bonds is 4. The lowest BCUT2D eigenvalue weighted by Crippen LogP contribution is -2.42. The van der Waals surface area contributed by atoms with Gasteiger partial charge in [-0.1, -0.05) is 18.2 Å². The highest BCUT2D eigenvalue weighted by Crippen LogP contribution is 2.27. The standard InChI is InChI=1S/C15H18N4O3S/c1-16-15(20)9-13-11-18(10-12-7-8-17-19(12)13)23(21,22)14-5-3-2-4-6-14/h2-8,13H,9-11H2,1H3,(H,16,20). The average Bonchev–Trinajstić information content (AvgIpc) is 3.04. The molecule has 2 aromatic rings. The Bertz CT molecular complexity index is 801. The molecule has 8 heteroatoms. The molecule has 0 saturated carbocycles. The molecule has 1 atom stereocenters. The van der Waals surface area contributed by atoms with Gasteiger partial charge < -0.3 is 5.32 Å². The van der Waals surface area contributed by atoms with Crippen LogP contribution >= 0.6 is 0 Å². The van der Waals surface area contributed by atoms with Crippen LogP contribution in [0.3, 0.4) is 0 Å². The maximum atomic E-state index is 12.8. The van der Waals surface area contributed by atoms with Crippen LogP contribution in [0.5, 0.6) is 0 Å². The molecular formula is C15H18N4O3S. The van der Waals surface area contributed by atoms with E-state index in [9.17, 15) is 13.2 Å². The maximum Gasteiger partial charge on any atom is 0.243 e. The molecule has 1 aromatic heterocycles. The second-order valence-electron chi connectivity index (χ2n) is 5.41. The van der Waals surface area contributed by atoms with Gasteiger partial charge in [0.15, 0.2) is 0 Å². The fraction of sp³-hybridized carbons (Fsp3) is 0.333. The van der Waals surface area contributed by atoms with E-state index >= 15 is 0 Å². The molecule has 0 spiro atoms. The molecule has 0 saturated heterocycles. The predicted octanol–water partition coefficient (Wildman–Crippen LogP) is 0.765. The van der Waals surface area contributed by atoms with E-state index in [1.165, 1.54) is 4.31 Å². The minimum absolute atomic E-state index is 0.143. The Labute approximate surface area is 135 Å². The minimum atomic E-state index is -3.60. The van der Waals surface area contributed by atoms with Crippen LogP contribution in [0.2, 0.25) is 0 Å². The zero-order chi connectivity index (χ0) is 16.4. The van der Waals surface area contributed by atoms with E-state index in [1.807, 2.05) is 0 Å². The number of aromatic nitrogens is 2. The van der Waals surface area contributed by atoms with Crippen molar-refractivity contribution in [3.05, 3.63) is 48.3 Å². The van der Waals surface area contributed by atoms with Crippen molar-refractivity contribution >= 4 is 15.9 Å². The van der Waals surface area contributed by atoms with Gasteiger partial charge in [0.05, 0.1) is 29.6 Å². The number of nitrogens with zero attached hydrogens (tertiary/aromatic N) is 3. The normalized spacial score (nSPS) is 18.4. The third kappa shape index (κ3) is 2.99. The fourth-order valence-electron chi connectivity index (χ4n) is 2.75. The zero-order valence-electron chi connectivity index (χ0n) is 12.7. The molecule has 1 aliphatic heterocycles. The van der Waals surface area contributed by atoms with E-state index in [4.69, 9.17) is 0 Å². The summed E-state index contributed by atoms with van der Waals surface area (Å²) in [5.41, 5.74) is 0.782. The van der Waals surface area contributed by atoms with Crippen LogP contribution in [0.15, 0.2) is 47.5 Å². The van der Waals surface area contributed by atoms with E-state index in [1.54, 1.807) is 54.3 Å². The number of hydrogen-bond donors (Lipinski definition) is 1. The highest BCUT2D eigenvalue weighted by molar-refractivity contribution is 7.89. The van der Waals surface area contributed by atoms with Gasteiger partial charge in [0.2, 0.25) is 15.9 Å². The lowest BCUT2D eigenvalue weighted by molar-refractivity contribution is -0.121. The summed E-state index contributed by atoms with van der Waals surface area (Å²) in [6, 6.07) is 9.80. The van der Waals surface area contributed by atoms with Gasteiger partial charge in [0.25, 0.3) is 0 Å². The third-order valence-electron chi connectivity index (χ3n) is 3.93. The van der Waals surface area contributed by atoms with Crippen molar-refractivity contribution < 1.29 is 13.2 Å². The summed E-state index contributed by atoms with van der Waals surface area (Å²) in [4.78, 5) is 12.0. The molecule has 1 N–H and O–H groups in total. The topological polar surface area (TPSA) is 84.3 Å². The van der Waals surface area contributed by atoms with Crippen molar-refractivity contribution in [1.29, 1.82) is 0 Å². The first-order chi connectivity index (χ1) is 11.0. The molecule has 0 bridgehead atoms. The molecule has 3 rings (SSSR count). The molecule has 7 nitrogen and oxygen atoms in total. The van der Waals surface area contributed by atoms with Gasteiger partial charge in [-0.15, -0.1) is 0 Å². The average molecular weight is 334 g/mol. The number of benzene rings is 1. The van der Waals surface area contributed by atoms with Crippen LogP contribution in [0.4, 0.5) is 0 Å². The lowest BCUT2D eigenvalue weighted by atomic mass is 10.1. The van der Waals surface area contributed by atoms with E-state index in [2.05, 4.69) is 10.4 Å². The molecule has 0 fully saturated rings. The monoisotopic (exact) mass is 334 g/mol. The predicted molar refractivity (Wildman–Crippen MR) is 84.0 cm³/mol. The molecule has 1 aliphatic rings. The maximum absolute atomic E-state index is 12.8. The first kappa shape index (κ1) is 15.7. The SMILES string of the molecule is CNC(=O)CC1CN(S(=O)(=O)c2ccccc2)Cc2ccnn21. The van der Waals surface area contributed by atoms with Crippen molar-refractivity contribution in [2.45, 2.75) is 23.9 Å². The van der Waals surface area contributed by atoms with Crippen molar-refractivity contribution in [1.82, 2.24) is 19.4 Å². The van der Waals surface area contributed by atoms with Gasteiger partial charge in [0.1, 0.15) is 0 Å². The van der Waals surface area contributed by atoms with Crippen LogP contribution < -0.4 is 5.32 Å². The van der Waals surface area contributed by atoms with Crippen molar-refractivity contribution in [2.75, 3.05) is 13.6 Å². The summed E-state index contributed by atoms with van der Waals surface area (Å²) in [6.07, 6.45) is 1.82. The third-order valence-corrected chi connectivity index (χ3v) is 5.76. The highest BCUT2D eigenvalue weighted by atomic mass is 32.2. The Hall–Kier alpha value is -2.19. The van der Waals surface area contributed by atoms with Gasteiger partial charge in [-0.3, -0.25) is 9.48 Å². The van der Waals surface area contributed by atoms with Gasteiger partial charge in [-0.05, 0) is 18.2 Å². The number of sulfonamides is 1. The summed E-state index contributed by atoms with van der Waals surface area (Å²) in [5.74, 6) is -0.143. The van der Waals surface area contributed by atoms with Gasteiger partial charge >= 0.3 is 0 Å².